The van der Waals surface area contributed by atoms with Crippen LogP contribution >= 0.6 is 23.2 Å². The smallest absolute Gasteiger partial charge is 0.303 e. The summed E-state index contributed by atoms with van der Waals surface area (Å²) in [7, 11) is 0. The highest BCUT2D eigenvalue weighted by Crippen LogP contribution is 2.35. The third-order valence-electron chi connectivity index (χ3n) is 3.01. The zero-order chi connectivity index (χ0) is 14.5. The highest BCUT2D eigenvalue weighted by atomic mass is 35.5. The number of carboxylic acids is 1. The van der Waals surface area contributed by atoms with E-state index in [4.69, 9.17) is 28.3 Å². The molecule has 1 aromatic carbocycles. The van der Waals surface area contributed by atoms with Crippen molar-refractivity contribution < 1.29 is 14.7 Å². The van der Waals surface area contributed by atoms with E-state index >= 15 is 0 Å². The van der Waals surface area contributed by atoms with Crippen molar-refractivity contribution in [2.45, 2.75) is 24.7 Å². The van der Waals surface area contributed by atoms with Crippen molar-refractivity contribution in [3.63, 3.8) is 0 Å². The van der Waals surface area contributed by atoms with Crippen molar-refractivity contribution in [2.75, 3.05) is 0 Å². The van der Waals surface area contributed by atoms with Crippen LogP contribution in [0.4, 0.5) is 0 Å². The first-order valence-electron chi connectivity index (χ1n) is 5.70. The lowest BCUT2D eigenvalue weighted by molar-refractivity contribution is -0.137. The maximum atomic E-state index is 11.5. The maximum Gasteiger partial charge on any atom is 0.303 e. The van der Waals surface area contributed by atoms with Gasteiger partial charge in [-0.15, -0.1) is 6.58 Å². The Kier molecular flexibility index (Phi) is 5.58. The Morgan fingerprint density at radius 3 is 2.53 bits per heavy atom. The van der Waals surface area contributed by atoms with Gasteiger partial charge in [0.2, 0.25) is 0 Å². The van der Waals surface area contributed by atoms with Crippen molar-refractivity contribution in [1.82, 2.24) is 0 Å². The molecule has 3 nitrogen and oxygen atoms in total. The van der Waals surface area contributed by atoms with Gasteiger partial charge in [-0.25, -0.2) is 0 Å². The second-order valence-electron chi connectivity index (χ2n) is 4.29. The molecule has 1 N–H and O–H groups in total. The third-order valence-corrected chi connectivity index (χ3v) is 3.75. The molecule has 0 saturated carbocycles. The Hall–Kier alpha value is -1.32. The zero-order valence-electron chi connectivity index (χ0n) is 10.2. The van der Waals surface area contributed by atoms with Gasteiger partial charge in [-0.3, -0.25) is 4.79 Å². The van der Waals surface area contributed by atoms with E-state index in [-0.39, 0.29) is 12.8 Å². The first-order chi connectivity index (χ1) is 8.95. The highest BCUT2D eigenvalue weighted by molar-refractivity contribution is 6.42. The Morgan fingerprint density at radius 1 is 1.37 bits per heavy atom. The fourth-order valence-electron chi connectivity index (χ4n) is 1.93. The average molecular weight is 301 g/mol. The molecule has 1 rings (SSSR count). The van der Waals surface area contributed by atoms with E-state index in [0.717, 1.165) is 6.29 Å². The number of aliphatic carboxylic acids is 1. The van der Waals surface area contributed by atoms with Crippen LogP contribution < -0.4 is 0 Å². The van der Waals surface area contributed by atoms with E-state index < -0.39 is 11.4 Å². The number of rotatable bonds is 7. The molecule has 0 heterocycles. The van der Waals surface area contributed by atoms with Crippen LogP contribution in [0.15, 0.2) is 30.9 Å². The first kappa shape index (κ1) is 15.7. The lowest BCUT2D eigenvalue weighted by atomic mass is 9.75. The van der Waals surface area contributed by atoms with Crippen LogP contribution in [0, 0.1) is 0 Å². The molecule has 102 valence electrons. The predicted octanol–water partition coefficient (Wildman–Crippen LogP) is 3.87. The molecule has 19 heavy (non-hydrogen) atoms. The largest absolute Gasteiger partial charge is 0.481 e. The summed E-state index contributed by atoms with van der Waals surface area (Å²) in [5.41, 5.74) is -0.271. The van der Waals surface area contributed by atoms with Crippen molar-refractivity contribution in [3.8, 4) is 0 Å². The summed E-state index contributed by atoms with van der Waals surface area (Å²) in [4.78, 5) is 22.2. The second kappa shape index (κ2) is 6.73. The molecule has 0 aliphatic heterocycles. The van der Waals surface area contributed by atoms with E-state index in [9.17, 15) is 9.59 Å². The minimum atomic E-state index is -0.949. The van der Waals surface area contributed by atoms with Gasteiger partial charge in [0.1, 0.15) is 6.29 Å². The molecule has 0 amide bonds. The van der Waals surface area contributed by atoms with Gasteiger partial charge in [0.15, 0.2) is 0 Å². The number of aldehydes is 1. The van der Waals surface area contributed by atoms with Gasteiger partial charge < -0.3 is 9.90 Å². The lowest BCUT2D eigenvalue weighted by Crippen LogP contribution is -2.28. The summed E-state index contributed by atoms with van der Waals surface area (Å²) in [6, 6.07) is 4.89. The van der Waals surface area contributed by atoms with Crippen LogP contribution in [0.2, 0.25) is 10.0 Å². The molecule has 0 spiro atoms. The van der Waals surface area contributed by atoms with Gasteiger partial charge >= 0.3 is 5.97 Å². The van der Waals surface area contributed by atoms with Crippen molar-refractivity contribution in [3.05, 3.63) is 46.5 Å². The third kappa shape index (κ3) is 3.82. The Balaban J connectivity index is 3.19. The topological polar surface area (TPSA) is 54.4 Å². The lowest BCUT2D eigenvalue weighted by Gasteiger charge is -2.27. The number of hydrogen-bond donors (Lipinski definition) is 1. The SMILES string of the molecule is C=CC[C@@](C=O)(CCC(=O)O)c1ccc(Cl)c(Cl)c1. The van der Waals surface area contributed by atoms with Gasteiger partial charge in [0.25, 0.3) is 0 Å². The Bertz CT molecular complexity index is 499. The van der Waals surface area contributed by atoms with Gasteiger partial charge in [-0.1, -0.05) is 35.3 Å². The fourth-order valence-corrected chi connectivity index (χ4v) is 2.23. The van der Waals surface area contributed by atoms with Gasteiger partial charge in [-0.05, 0) is 30.5 Å². The summed E-state index contributed by atoms with van der Waals surface area (Å²) in [5.74, 6) is -0.949. The molecule has 0 bridgehead atoms. The monoisotopic (exact) mass is 300 g/mol. The number of carboxylic acid groups (broad SMARTS) is 1. The molecule has 0 aliphatic rings. The summed E-state index contributed by atoms with van der Waals surface area (Å²) >= 11 is 11.8. The van der Waals surface area contributed by atoms with Crippen molar-refractivity contribution in [1.29, 1.82) is 0 Å². The first-order valence-corrected chi connectivity index (χ1v) is 6.45. The predicted molar refractivity (Wildman–Crippen MR) is 75.9 cm³/mol. The molecule has 0 radical (unpaired) electrons. The van der Waals surface area contributed by atoms with Crippen LogP contribution in [0.5, 0.6) is 0 Å². The van der Waals surface area contributed by atoms with E-state index in [0.29, 0.717) is 22.0 Å². The Labute approximate surface area is 121 Å². The molecule has 0 aromatic heterocycles. The van der Waals surface area contributed by atoms with E-state index in [2.05, 4.69) is 6.58 Å². The normalized spacial score (nSPS) is 13.6. The highest BCUT2D eigenvalue weighted by Gasteiger charge is 2.31. The van der Waals surface area contributed by atoms with Crippen LogP contribution in [-0.2, 0) is 15.0 Å². The fraction of sp³-hybridized carbons (Fsp3) is 0.286. The van der Waals surface area contributed by atoms with Gasteiger partial charge in [0.05, 0.1) is 15.5 Å². The van der Waals surface area contributed by atoms with Crippen molar-refractivity contribution in [2.24, 2.45) is 0 Å². The molecule has 1 atom stereocenters. The zero-order valence-corrected chi connectivity index (χ0v) is 11.7. The minimum Gasteiger partial charge on any atom is -0.481 e. The second-order valence-corrected chi connectivity index (χ2v) is 5.10. The number of carbonyl (C=O) groups excluding carboxylic acids is 1. The molecular weight excluding hydrogens is 287 g/mol. The molecule has 1 aromatic rings. The van der Waals surface area contributed by atoms with Gasteiger partial charge in [0, 0.05) is 6.42 Å². The number of benzene rings is 1. The molecule has 0 aliphatic carbocycles. The quantitative estimate of drug-likeness (QED) is 0.614. The van der Waals surface area contributed by atoms with Crippen LogP contribution in [0.1, 0.15) is 24.8 Å². The molecular formula is C14H14Cl2O3. The number of halogens is 2. The Morgan fingerprint density at radius 2 is 2.05 bits per heavy atom. The van der Waals surface area contributed by atoms with Crippen LogP contribution in [-0.4, -0.2) is 17.4 Å². The van der Waals surface area contributed by atoms with Gasteiger partial charge in [-0.2, -0.15) is 0 Å². The standard InChI is InChI=1S/C14H14Cl2O3/c1-2-6-14(9-17,7-5-13(18)19)10-3-4-11(15)12(16)8-10/h2-4,8-9H,1,5-7H2,(H,18,19)/t14-/m0/s1. The van der Waals surface area contributed by atoms with Crippen LogP contribution in [0.25, 0.3) is 0 Å². The van der Waals surface area contributed by atoms with E-state index in [1.165, 1.54) is 0 Å². The average Bonchev–Trinajstić information content (AvgIpc) is 2.38. The molecule has 0 fully saturated rings. The number of allylic oxidation sites excluding steroid dienone is 1. The number of hydrogen-bond acceptors (Lipinski definition) is 2. The summed E-state index contributed by atoms with van der Waals surface area (Å²) in [6.45, 7) is 3.62. The molecule has 0 saturated heterocycles. The summed E-state index contributed by atoms with van der Waals surface area (Å²) in [5, 5.41) is 9.53. The van der Waals surface area contributed by atoms with E-state index in [1.807, 2.05) is 0 Å². The molecule has 5 heteroatoms. The number of carbonyl (C=O) groups is 2. The maximum absolute atomic E-state index is 11.5. The minimum absolute atomic E-state index is 0.104. The van der Waals surface area contributed by atoms with Crippen LogP contribution in [0.3, 0.4) is 0 Å². The van der Waals surface area contributed by atoms with Crippen molar-refractivity contribution >= 4 is 35.5 Å². The van der Waals surface area contributed by atoms with E-state index in [1.54, 1.807) is 24.3 Å². The molecule has 0 unspecified atom stereocenters. The summed E-state index contributed by atoms with van der Waals surface area (Å²) in [6.07, 6.45) is 2.79. The summed E-state index contributed by atoms with van der Waals surface area (Å²) < 4.78 is 0.